The Morgan fingerprint density at radius 2 is 1.88 bits per heavy atom. The topological polar surface area (TPSA) is 46.6 Å². The van der Waals surface area contributed by atoms with E-state index < -0.39 is 0 Å². The summed E-state index contributed by atoms with van der Waals surface area (Å²) in [5.74, 6) is 0.214. The van der Waals surface area contributed by atoms with Gasteiger partial charge in [-0.1, -0.05) is 25.0 Å². The van der Waals surface area contributed by atoms with Gasteiger partial charge in [-0.25, -0.2) is 0 Å². The highest BCUT2D eigenvalue weighted by Gasteiger charge is 2.36. The van der Waals surface area contributed by atoms with Crippen LogP contribution in [0.3, 0.4) is 0 Å². The van der Waals surface area contributed by atoms with E-state index in [9.17, 15) is 9.59 Å². The Balaban J connectivity index is 1.35. The Hall–Kier alpha value is -1.68. The number of benzene rings is 1. The van der Waals surface area contributed by atoms with Gasteiger partial charge in [-0.15, -0.1) is 0 Å². The second-order valence-corrected chi connectivity index (χ2v) is 7.61. The largest absolute Gasteiger partial charge is 0.374 e. The summed E-state index contributed by atoms with van der Waals surface area (Å²) >= 11 is 0. The minimum atomic E-state index is 0.0940. The summed E-state index contributed by atoms with van der Waals surface area (Å²) < 4.78 is 5.84. The van der Waals surface area contributed by atoms with E-state index in [4.69, 9.17) is 4.74 Å². The lowest BCUT2D eigenvalue weighted by Crippen LogP contribution is -2.54. The Morgan fingerprint density at radius 3 is 2.80 bits per heavy atom. The van der Waals surface area contributed by atoms with Crippen LogP contribution in [0.15, 0.2) is 18.2 Å². The van der Waals surface area contributed by atoms with Crippen LogP contribution in [0.5, 0.6) is 0 Å². The van der Waals surface area contributed by atoms with E-state index >= 15 is 0 Å². The van der Waals surface area contributed by atoms with E-state index in [0.29, 0.717) is 26.0 Å². The molecule has 134 valence electrons. The van der Waals surface area contributed by atoms with Crippen molar-refractivity contribution >= 4 is 11.7 Å². The molecule has 0 aromatic heterocycles. The highest BCUT2D eigenvalue weighted by molar-refractivity contribution is 5.98. The number of nitrogens with zero attached hydrogens (tertiary/aromatic N) is 1. The van der Waals surface area contributed by atoms with E-state index in [1.807, 2.05) is 17.0 Å². The number of carbonyl (C=O) groups excluding carboxylic acids is 2. The van der Waals surface area contributed by atoms with Gasteiger partial charge in [0.05, 0.1) is 18.8 Å². The van der Waals surface area contributed by atoms with Gasteiger partial charge in [0.15, 0.2) is 5.78 Å². The molecule has 1 saturated heterocycles. The first-order chi connectivity index (χ1) is 12.2. The van der Waals surface area contributed by atoms with Crippen LogP contribution in [0.4, 0.5) is 0 Å². The summed E-state index contributed by atoms with van der Waals surface area (Å²) in [5, 5.41) is 0. The summed E-state index contributed by atoms with van der Waals surface area (Å²) in [6.07, 6.45) is 8.68. The van der Waals surface area contributed by atoms with Gasteiger partial charge in [0, 0.05) is 24.9 Å². The highest BCUT2D eigenvalue weighted by atomic mass is 16.5. The van der Waals surface area contributed by atoms with Crippen molar-refractivity contribution in [2.45, 2.75) is 69.9 Å². The van der Waals surface area contributed by atoms with Crippen LogP contribution < -0.4 is 0 Å². The average Bonchev–Trinajstić information content (AvgIpc) is 3.13. The van der Waals surface area contributed by atoms with Crippen LogP contribution in [-0.2, 0) is 22.4 Å². The Labute approximate surface area is 149 Å². The smallest absolute Gasteiger partial charge is 0.223 e. The molecule has 0 radical (unpaired) electrons. The van der Waals surface area contributed by atoms with Gasteiger partial charge in [-0.2, -0.15) is 0 Å². The summed E-state index contributed by atoms with van der Waals surface area (Å²) in [6.45, 7) is 1.30. The van der Waals surface area contributed by atoms with Crippen molar-refractivity contribution < 1.29 is 14.3 Å². The number of rotatable bonds is 4. The third kappa shape index (κ3) is 3.50. The number of amides is 1. The number of morpholine rings is 1. The first kappa shape index (κ1) is 16.8. The molecule has 0 N–H and O–H groups in total. The maximum Gasteiger partial charge on any atom is 0.223 e. The van der Waals surface area contributed by atoms with Crippen molar-refractivity contribution in [2.24, 2.45) is 0 Å². The van der Waals surface area contributed by atoms with Gasteiger partial charge in [-0.05, 0) is 49.3 Å². The van der Waals surface area contributed by atoms with Crippen molar-refractivity contribution in [1.29, 1.82) is 0 Å². The second kappa shape index (κ2) is 7.28. The Morgan fingerprint density at radius 1 is 1.04 bits per heavy atom. The average molecular weight is 341 g/mol. The van der Waals surface area contributed by atoms with E-state index in [1.165, 1.54) is 30.4 Å². The maximum atomic E-state index is 12.7. The van der Waals surface area contributed by atoms with Crippen LogP contribution in [-0.4, -0.2) is 41.9 Å². The fourth-order valence-corrected chi connectivity index (χ4v) is 4.66. The standard InChI is InChI=1S/C21H27NO3/c23-19(17-9-8-15-4-3-5-16(15)14-17)10-11-21(24)22-12-13-25-20-7-2-1-6-18(20)22/h8-9,14,18,20H,1-7,10-13H2. The van der Waals surface area contributed by atoms with Crippen LogP contribution in [0.2, 0.25) is 0 Å². The van der Waals surface area contributed by atoms with Crippen molar-refractivity contribution in [1.82, 2.24) is 4.90 Å². The molecular formula is C21H27NO3. The number of hydrogen-bond acceptors (Lipinski definition) is 3. The molecule has 2 aliphatic carbocycles. The van der Waals surface area contributed by atoms with Gasteiger partial charge in [0.2, 0.25) is 5.91 Å². The molecule has 1 heterocycles. The monoisotopic (exact) mass is 341 g/mol. The summed E-state index contributed by atoms with van der Waals surface area (Å²) in [6, 6.07) is 6.29. The van der Waals surface area contributed by atoms with E-state index in [2.05, 4.69) is 6.07 Å². The highest BCUT2D eigenvalue weighted by Crippen LogP contribution is 2.29. The fourth-order valence-electron chi connectivity index (χ4n) is 4.66. The number of hydrogen-bond donors (Lipinski definition) is 0. The SMILES string of the molecule is O=C(CCC(=O)N1CCOC2CCCCC21)c1ccc2c(c1)CCC2. The molecule has 1 aliphatic heterocycles. The molecule has 1 aromatic carbocycles. The minimum absolute atomic E-state index is 0.0940. The van der Waals surface area contributed by atoms with E-state index in [1.54, 1.807) is 0 Å². The Kier molecular flexibility index (Phi) is 4.89. The van der Waals surface area contributed by atoms with Crippen molar-refractivity contribution in [2.75, 3.05) is 13.2 Å². The van der Waals surface area contributed by atoms with Gasteiger partial charge in [-0.3, -0.25) is 9.59 Å². The van der Waals surface area contributed by atoms with Gasteiger partial charge >= 0.3 is 0 Å². The number of aryl methyl sites for hydroxylation is 2. The van der Waals surface area contributed by atoms with Crippen LogP contribution >= 0.6 is 0 Å². The number of Topliss-reactive ketones (excluding diaryl/α,β-unsaturated/α-hetero) is 1. The molecular weight excluding hydrogens is 314 g/mol. The molecule has 2 atom stereocenters. The summed E-state index contributed by atoms with van der Waals surface area (Å²) in [4.78, 5) is 27.2. The molecule has 1 saturated carbocycles. The summed E-state index contributed by atoms with van der Waals surface area (Å²) in [7, 11) is 0. The number of ketones is 1. The number of ether oxygens (including phenoxy) is 1. The van der Waals surface area contributed by atoms with Crippen molar-refractivity contribution in [3.8, 4) is 0 Å². The first-order valence-corrected chi connectivity index (χ1v) is 9.78. The molecule has 3 aliphatic rings. The third-order valence-corrected chi connectivity index (χ3v) is 6.04. The fraction of sp³-hybridized carbons (Fsp3) is 0.619. The van der Waals surface area contributed by atoms with Crippen LogP contribution in [0.1, 0.15) is 66.4 Å². The third-order valence-electron chi connectivity index (χ3n) is 6.04. The van der Waals surface area contributed by atoms with Gasteiger partial charge in [0.25, 0.3) is 0 Å². The molecule has 1 amide bonds. The Bertz CT molecular complexity index is 667. The molecule has 4 heteroatoms. The molecule has 25 heavy (non-hydrogen) atoms. The van der Waals surface area contributed by atoms with Crippen molar-refractivity contribution in [3.05, 3.63) is 34.9 Å². The summed E-state index contributed by atoms with van der Waals surface area (Å²) in [5.41, 5.74) is 3.46. The van der Waals surface area contributed by atoms with Gasteiger partial charge < -0.3 is 9.64 Å². The lowest BCUT2D eigenvalue weighted by Gasteiger charge is -2.43. The maximum absolute atomic E-state index is 12.7. The van der Waals surface area contributed by atoms with E-state index in [0.717, 1.165) is 31.2 Å². The van der Waals surface area contributed by atoms with Gasteiger partial charge in [0.1, 0.15) is 0 Å². The number of carbonyl (C=O) groups is 2. The predicted molar refractivity (Wildman–Crippen MR) is 95.7 cm³/mol. The zero-order chi connectivity index (χ0) is 17.2. The zero-order valence-corrected chi connectivity index (χ0v) is 14.8. The quantitative estimate of drug-likeness (QED) is 0.790. The molecule has 2 unspecified atom stereocenters. The van der Waals surface area contributed by atoms with Crippen LogP contribution in [0, 0.1) is 0 Å². The van der Waals surface area contributed by atoms with E-state index in [-0.39, 0.29) is 23.8 Å². The minimum Gasteiger partial charge on any atom is -0.374 e. The number of fused-ring (bicyclic) bond motifs is 2. The van der Waals surface area contributed by atoms with Crippen molar-refractivity contribution in [3.63, 3.8) is 0 Å². The molecule has 4 nitrogen and oxygen atoms in total. The molecule has 0 bridgehead atoms. The molecule has 2 fully saturated rings. The molecule has 0 spiro atoms. The second-order valence-electron chi connectivity index (χ2n) is 7.61. The lowest BCUT2D eigenvalue weighted by atomic mass is 9.90. The predicted octanol–water partition coefficient (Wildman–Crippen LogP) is 3.31. The molecule has 4 rings (SSSR count). The first-order valence-electron chi connectivity index (χ1n) is 9.78. The lowest BCUT2D eigenvalue weighted by molar-refractivity contribution is -0.149. The normalized spacial score (nSPS) is 25.4. The zero-order valence-electron chi connectivity index (χ0n) is 14.8. The molecule has 1 aromatic rings. The van der Waals surface area contributed by atoms with Crippen LogP contribution in [0.25, 0.3) is 0 Å².